The van der Waals surface area contributed by atoms with Crippen molar-refractivity contribution >= 4 is 35.1 Å². The maximum atomic E-state index is 12.5. The number of piperazine rings is 1. The molecular weight excluding hydrogens is 398 g/mol. The first-order valence-corrected chi connectivity index (χ1v) is 9.94. The van der Waals surface area contributed by atoms with Gasteiger partial charge in [0.1, 0.15) is 0 Å². The SMILES string of the molecule is O=C(OCC(=O)N1CCN(c2ccccc2)CC1)c1cccc(N2C(=O)C=CC2=O)c1. The molecule has 4 rings (SSSR count). The molecule has 0 bridgehead atoms. The number of carbonyl (C=O) groups is 4. The quantitative estimate of drug-likeness (QED) is 0.541. The summed E-state index contributed by atoms with van der Waals surface area (Å²) in [6.07, 6.45) is 2.34. The molecule has 31 heavy (non-hydrogen) atoms. The molecular formula is C23H21N3O5. The summed E-state index contributed by atoms with van der Waals surface area (Å²) in [6.45, 7) is 2.15. The van der Waals surface area contributed by atoms with Gasteiger partial charge in [-0.1, -0.05) is 24.3 Å². The van der Waals surface area contributed by atoms with Crippen molar-refractivity contribution in [1.82, 2.24) is 4.90 Å². The summed E-state index contributed by atoms with van der Waals surface area (Å²) in [5, 5.41) is 0. The summed E-state index contributed by atoms with van der Waals surface area (Å²) in [5.41, 5.74) is 1.55. The van der Waals surface area contributed by atoms with E-state index in [0.29, 0.717) is 26.2 Å². The van der Waals surface area contributed by atoms with Crippen LogP contribution in [0.2, 0.25) is 0 Å². The van der Waals surface area contributed by atoms with Crippen LogP contribution in [0.3, 0.4) is 0 Å². The molecule has 0 aromatic heterocycles. The maximum absolute atomic E-state index is 12.5. The van der Waals surface area contributed by atoms with Crippen LogP contribution in [0.1, 0.15) is 10.4 Å². The van der Waals surface area contributed by atoms with Gasteiger partial charge in [0, 0.05) is 44.0 Å². The van der Waals surface area contributed by atoms with Gasteiger partial charge in [0.25, 0.3) is 17.7 Å². The summed E-state index contributed by atoms with van der Waals surface area (Å²) in [4.78, 5) is 53.3. The Balaban J connectivity index is 1.30. The van der Waals surface area contributed by atoms with Crippen LogP contribution < -0.4 is 9.80 Å². The van der Waals surface area contributed by atoms with Crippen LogP contribution in [0.5, 0.6) is 0 Å². The normalized spacial score (nSPS) is 16.1. The molecule has 1 fully saturated rings. The highest BCUT2D eigenvalue weighted by atomic mass is 16.5. The number of amides is 3. The monoisotopic (exact) mass is 419 g/mol. The highest BCUT2D eigenvalue weighted by Crippen LogP contribution is 2.21. The summed E-state index contributed by atoms with van der Waals surface area (Å²) >= 11 is 0. The van der Waals surface area contributed by atoms with E-state index in [2.05, 4.69) is 4.90 Å². The van der Waals surface area contributed by atoms with Crippen molar-refractivity contribution in [3.63, 3.8) is 0 Å². The fourth-order valence-corrected chi connectivity index (χ4v) is 3.58. The smallest absolute Gasteiger partial charge is 0.338 e. The number of carbonyl (C=O) groups excluding carboxylic acids is 4. The van der Waals surface area contributed by atoms with Crippen molar-refractivity contribution in [3.8, 4) is 0 Å². The highest BCUT2D eigenvalue weighted by Gasteiger charge is 2.26. The van der Waals surface area contributed by atoms with Crippen molar-refractivity contribution in [2.45, 2.75) is 0 Å². The van der Waals surface area contributed by atoms with Crippen LogP contribution in [-0.2, 0) is 19.1 Å². The molecule has 2 aliphatic rings. The van der Waals surface area contributed by atoms with E-state index < -0.39 is 17.8 Å². The average molecular weight is 419 g/mol. The molecule has 0 unspecified atom stereocenters. The molecule has 2 aromatic rings. The van der Waals surface area contributed by atoms with Gasteiger partial charge in [0.2, 0.25) is 0 Å². The molecule has 2 aromatic carbocycles. The molecule has 0 saturated carbocycles. The maximum Gasteiger partial charge on any atom is 0.338 e. The van der Waals surface area contributed by atoms with E-state index in [4.69, 9.17) is 4.74 Å². The van der Waals surface area contributed by atoms with Crippen LogP contribution in [0.15, 0.2) is 66.7 Å². The number of benzene rings is 2. The van der Waals surface area contributed by atoms with Crippen molar-refractivity contribution in [2.75, 3.05) is 42.6 Å². The van der Waals surface area contributed by atoms with Crippen molar-refractivity contribution in [2.24, 2.45) is 0 Å². The molecule has 0 aliphatic carbocycles. The van der Waals surface area contributed by atoms with E-state index in [0.717, 1.165) is 10.6 Å². The van der Waals surface area contributed by atoms with Gasteiger partial charge < -0.3 is 14.5 Å². The van der Waals surface area contributed by atoms with E-state index in [9.17, 15) is 19.2 Å². The van der Waals surface area contributed by atoms with Crippen LogP contribution in [-0.4, -0.2) is 61.4 Å². The number of anilines is 2. The number of hydrogen-bond donors (Lipinski definition) is 0. The van der Waals surface area contributed by atoms with E-state index >= 15 is 0 Å². The second-order valence-corrected chi connectivity index (χ2v) is 7.18. The lowest BCUT2D eigenvalue weighted by molar-refractivity contribution is -0.134. The van der Waals surface area contributed by atoms with Crippen molar-refractivity contribution in [3.05, 3.63) is 72.3 Å². The van der Waals surface area contributed by atoms with Gasteiger partial charge in [-0.25, -0.2) is 9.69 Å². The molecule has 0 spiro atoms. The van der Waals surface area contributed by atoms with E-state index in [1.165, 1.54) is 24.3 Å². The third-order valence-corrected chi connectivity index (χ3v) is 5.23. The Morgan fingerprint density at radius 3 is 2.13 bits per heavy atom. The Kier molecular flexibility index (Phi) is 5.79. The minimum Gasteiger partial charge on any atom is -0.452 e. The predicted octanol–water partition coefficient (Wildman–Crippen LogP) is 1.62. The van der Waals surface area contributed by atoms with Gasteiger partial charge >= 0.3 is 5.97 Å². The summed E-state index contributed by atoms with van der Waals surface area (Å²) < 4.78 is 5.18. The third-order valence-electron chi connectivity index (χ3n) is 5.23. The summed E-state index contributed by atoms with van der Waals surface area (Å²) in [7, 11) is 0. The standard InChI is InChI=1S/C23H21N3O5/c27-20-9-10-21(28)26(20)19-8-4-5-17(15-19)23(30)31-16-22(29)25-13-11-24(12-14-25)18-6-2-1-3-7-18/h1-10,15H,11-14,16H2. The van der Waals surface area contributed by atoms with Gasteiger partial charge in [-0.3, -0.25) is 14.4 Å². The van der Waals surface area contributed by atoms with E-state index in [-0.39, 0.29) is 23.8 Å². The van der Waals surface area contributed by atoms with Crippen molar-refractivity contribution in [1.29, 1.82) is 0 Å². The third kappa shape index (κ3) is 4.48. The number of para-hydroxylation sites is 1. The molecule has 8 nitrogen and oxygen atoms in total. The molecule has 2 heterocycles. The van der Waals surface area contributed by atoms with Crippen LogP contribution in [0.25, 0.3) is 0 Å². The molecule has 0 atom stereocenters. The number of rotatable bonds is 5. The van der Waals surface area contributed by atoms with Gasteiger partial charge in [0.05, 0.1) is 11.3 Å². The number of imide groups is 1. The van der Waals surface area contributed by atoms with Gasteiger partial charge in [-0.15, -0.1) is 0 Å². The first kappa shape index (κ1) is 20.3. The Bertz CT molecular complexity index is 1020. The topological polar surface area (TPSA) is 87.2 Å². The predicted molar refractivity (Wildman–Crippen MR) is 114 cm³/mol. The van der Waals surface area contributed by atoms with Crippen molar-refractivity contribution < 1.29 is 23.9 Å². The molecule has 2 aliphatic heterocycles. The zero-order chi connectivity index (χ0) is 21.8. The molecule has 0 N–H and O–H groups in total. The summed E-state index contributed by atoms with van der Waals surface area (Å²) in [6, 6.07) is 16.0. The Hall–Kier alpha value is -3.94. The first-order valence-electron chi connectivity index (χ1n) is 9.94. The van der Waals surface area contributed by atoms with Gasteiger partial charge in [0.15, 0.2) is 6.61 Å². The first-order chi connectivity index (χ1) is 15.0. The van der Waals surface area contributed by atoms with E-state index in [1.54, 1.807) is 17.0 Å². The molecule has 0 radical (unpaired) electrons. The number of esters is 1. The lowest BCUT2D eigenvalue weighted by Gasteiger charge is -2.36. The minimum atomic E-state index is -0.690. The van der Waals surface area contributed by atoms with Crippen LogP contribution >= 0.6 is 0 Å². The van der Waals surface area contributed by atoms with Gasteiger partial charge in [-0.05, 0) is 30.3 Å². The fraction of sp³-hybridized carbons (Fsp3) is 0.217. The second kappa shape index (κ2) is 8.83. The largest absolute Gasteiger partial charge is 0.452 e. The van der Waals surface area contributed by atoms with Crippen LogP contribution in [0.4, 0.5) is 11.4 Å². The molecule has 8 heteroatoms. The molecule has 1 saturated heterocycles. The number of nitrogens with zero attached hydrogens (tertiary/aromatic N) is 3. The average Bonchev–Trinajstić information content (AvgIpc) is 3.15. The minimum absolute atomic E-state index is 0.159. The Morgan fingerprint density at radius 2 is 1.45 bits per heavy atom. The van der Waals surface area contributed by atoms with Crippen LogP contribution in [0, 0.1) is 0 Å². The number of hydrogen-bond acceptors (Lipinski definition) is 6. The number of ether oxygens (including phenoxy) is 1. The molecule has 3 amide bonds. The van der Waals surface area contributed by atoms with E-state index in [1.807, 2.05) is 30.3 Å². The highest BCUT2D eigenvalue weighted by molar-refractivity contribution is 6.28. The molecule has 158 valence electrons. The zero-order valence-corrected chi connectivity index (χ0v) is 16.8. The lowest BCUT2D eigenvalue weighted by Crippen LogP contribution is -2.49. The Labute approximate surface area is 179 Å². The zero-order valence-electron chi connectivity index (χ0n) is 16.8. The summed E-state index contributed by atoms with van der Waals surface area (Å²) in [5.74, 6) is -1.89. The Morgan fingerprint density at radius 1 is 0.806 bits per heavy atom. The van der Waals surface area contributed by atoms with Gasteiger partial charge in [-0.2, -0.15) is 0 Å². The fourth-order valence-electron chi connectivity index (χ4n) is 3.58. The lowest BCUT2D eigenvalue weighted by atomic mass is 10.2. The second-order valence-electron chi connectivity index (χ2n) is 7.18.